The van der Waals surface area contributed by atoms with Crippen LogP contribution in [0.3, 0.4) is 0 Å². The smallest absolute Gasteiger partial charge is 0.0571 e. The van der Waals surface area contributed by atoms with E-state index in [1.807, 2.05) is 18.2 Å². The van der Waals surface area contributed by atoms with Crippen molar-refractivity contribution in [3.8, 4) is 0 Å². The van der Waals surface area contributed by atoms with E-state index in [4.69, 9.17) is 23.2 Å². The highest BCUT2D eigenvalue weighted by Gasteiger charge is 2.01. The van der Waals surface area contributed by atoms with E-state index in [2.05, 4.69) is 22.6 Å². The van der Waals surface area contributed by atoms with Gasteiger partial charge >= 0.3 is 0 Å². The molecule has 0 aliphatic rings. The van der Waals surface area contributed by atoms with Gasteiger partial charge in [-0.1, -0.05) is 23.7 Å². The molecule has 1 aromatic rings. The average molecular weight is 301 g/mol. The highest BCUT2D eigenvalue weighted by atomic mass is 127. The highest BCUT2D eigenvalue weighted by molar-refractivity contribution is 14.1. The Morgan fingerprint density at radius 3 is 2.73 bits per heavy atom. The second kappa shape index (κ2) is 4.53. The van der Waals surface area contributed by atoms with Gasteiger partial charge in [0.1, 0.15) is 0 Å². The Kier molecular flexibility index (Phi) is 3.96. The number of hydrogen-bond donors (Lipinski definition) is 0. The minimum absolute atomic E-state index is 0.625. The van der Waals surface area contributed by atoms with Crippen LogP contribution in [0.4, 0.5) is 0 Å². The number of alkyl halides is 1. The minimum atomic E-state index is 0.625. The molecule has 0 heterocycles. The van der Waals surface area contributed by atoms with Crippen LogP contribution in [0.25, 0.3) is 0 Å². The Morgan fingerprint density at radius 2 is 2.09 bits per heavy atom. The maximum absolute atomic E-state index is 6.01. The van der Waals surface area contributed by atoms with Crippen LogP contribution in [0.5, 0.6) is 0 Å². The maximum atomic E-state index is 6.01. The Balaban J connectivity index is 2.96. The molecule has 3 heteroatoms. The normalized spacial score (nSPS) is 10.1. The maximum Gasteiger partial charge on any atom is 0.0571 e. The molecule has 0 radical (unpaired) electrons. The summed E-state index contributed by atoms with van der Waals surface area (Å²) in [5, 5.41) is 0.841. The van der Waals surface area contributed by atoms with Crippen LogP contribution in [0.2, 0.25) is 5.02 Å². The summed E-state index contributed by atoms with van der Waals surface area (Å²) in [4.78, 5) is 0. The van der Waals surface area contributed by atoms with E-state index in [-0.39, 0.29) is 0 Å². The zero-order valence-electron chi connectivity index (χ0n) is 5.78. The van der Waals surface area contributed by atoms with Crippen LogP contribution in [0.15, 0.2) is 18.2 Å². The van der Waals surface area contributed by atoms with Crippen molar-refractivity contribution >= 4 is 45.8 Å². The van der Waals surface area contributed by atoms with Crippen LogP contribution in [0, 0.1) is 3.57 Å². The summed E-state index contributed by atoms with van der Waals surface area (Å²) in [5.74, 6) is 0.625. The highest BCUT2D eigenvalue weighted by Crippen LogP contribution is 2.22. The van der Waals surface area contributed by atoms with E-state index in [1.165, 1.54) is 0 Å². The van der Waals surface area contributed by atoms with Gasteiger partial charge in [0.15, 0.2) is 0 Å². The van der Waals surface area contributed by atoms with Crippen LogP contribution < -0.4 is 0 Å². The Bertz CT molecular complexity index is 248. The molecule has 0 atom stereocenters. The lowest BCUT2D eigenvalue weighted by Crippen LogP contribution is -1.88. The molecule has 0 saturated heterocycles. The van der Waals surface area contributed by atoms with Crippen molar-refractivity contribution in [2.24, 2.45) is 0 Å². The predicted molar refractivity (Wildman–Crippen MR) is 58.6 cm³/mol. The fraction of sp³-hybridized carbons (Fsp3) is 0.250. The van der Waals surface area contributed by atoms with Gasteiger partial charge in [-0.05, 0) is 40.6 Å². The number of benzene rings is 1. The van der Waals surface area contributed by atoms with Gasteiger partial charge in [0, 0.05) is 9.45 Å². The van der Waals surface area contributed by atoms with E-state index >= 15 is 0 Å². The van der Waals surface area contributed by atoms with E-state index in [0.29, 0.717) is 5.88 Å². The molecule has 0 amide bonds. The van der Waals surface area contributed by atoms with Crippen molar-refractivity contribution in [3.63, 3.8) is 0 Å². The molecule has 11 heavy (non-hydrogen) atoms. The first kappa shape index (κ1) is 9.62. The summed E-state index contributed by atoms with van der Waals surface area (Å²) in [5.41, 5.74) is 1.13. The van der Waals surface area contributed by atoms with Gasteiger partial charge < -0.3 is 0 Å². The van der Waals surface area contributed by atoms with E-state index in [0.717, 1.165) is 20.6 Å². The van der Waals surface area contributed by atoms with Gasteiger partial charge in [0.25, 0.3) is 0 Å². The molecule has 0 aromatic heterocycles. The zero-order valence-corrected chi connectivity index (χ0v) is 9.45. The van der Waals surface area contributed by atoms with E-state index in [9.17, 15) is 0 Å². The molecular formula is C8H7Cl2I. The van der Waals surface area contributed by atoms with Crippen molar-refractivity contribution in [2.45, 2.75) is 6.42 Å². The van der Waals surface area contributed by atoms with Crippen LogP contribution >= 0.6 is 45.8 Å². The predicted octanol–water partition coefficient (Wildman–Crippen LogP) is 3.73. The van der Waals surface area contributed by atoms with Gasteiger partial charge in [-0.15, -0.1) is 11.6 Å². The summed E-state index contributed by atoms with van der Waals surface area (Å²) in [6.07, 6.45) is 0.844. The van der Waals surface area contributed by atoms with Crippen LogP contribution in [0.1, 0.15) is 5.56 Å². The van der Waals surface area contributed by atoms with E-state index in [1.54, 1.807) is 0 Å². The fourth-order valence-electron chi connectivity index (χ4n) is 0.843. The molecule has 0 fully saturated rings. The quantitative estimate of drug-likeness (QED) is 0.577. The molecular weight excluding hydrogens is 294 g/mol. The fourth-order valence-corrected chi connectivity index (χ4v) is 1.82. The standard InChI is InChI=1S/C8H7Cl2I/c9-5-4-6-2-1-3-7(11)8(6)10/h1-3H,4-5H2. The summed E-state index contributed by atoms with van der Waals surface area (Å²) >= 11 is 13.8. The molecule has 60 valence electrons. The van der Waals surface area contributed by atoms with Crippen molar-refractivity contribution in [2.75, 3.05) is 5.88 Å². The van der Waals surface area contributed by atoms with Crippen molar-refractivity contribution in [3.05, 3.63) is 32.4 Å². The lowest BCUT2D eigenvalue weighted by molar-refractivity contribution is 1.15. The summed E-state index contributed by atoms with van der Waals surface area (Å²) in [6, 6.07) is 5.99. The Labute approximate surface area is 90.0 Å². The van der Waals surface area contributed by atoms with Gasteiger partial charge in [0.2, 0.25) is 0 Å². The number of rotatable bonds is 2. The first-order valence-corrected chi connectivity index (χ1v) is 5.23. The third kappa shape index (κ3) is 2.49. The molecule has 0 aliphatic heterocycles. The third-order valence-corrected chi connectivity index (χ3v) is 3.25. The lowest BCUT2D eigenvalue weighted by Gasteiger charge is -2.02. The molecule has 1 aromatic carbocycles. The molecule has 0 aliphatic carbocycles. The molecule has 0 spiro atoms. The molecule has 0 nitrogen and oxygen atoms in total. The Hall–Kier alpha value is 0.530. The summed E-state index contributed by atoms with van der Waals surface area (Å²) in [6.45, 7) is 0. The first-order chi connectivity index (χ1) is 5.25. The Morgan fingerprint density at radius 1 is 1.36 bits per heavy atom. The third-order valence-electron chi connectivity index (χ3n) is 1.40. The number of aryl methyl sites for hydroxylation is 1. The minimum Gasteiger partial charge on any atom is -0.126 e. The molecule has 1 rings (SSSR count). The largest absolute Gasteiger partial charge is 0.126 e. The molecule has 0 bridgehead atoms. The zero-order chi connectivity index (χ0) is 8.27. The van der Waals surface area contributed by atoms with Gasteiger partial charge in [-0.2, -0.15) is 0 Å². The van der Waals surface area contributed by atoms with Crippen molar-refractivity contribution in [1.29, 1.82) is 0 Å². The molecule has 0 saturated carbocycles. The summed E-state index contributed by atoms with van der Waals surface area (Å²) in [7, 11) is 0. The lowest BCUT2D eigenvalue weighted by atomic mass is 10.2. The monoisotopic (exact) mass is 300 g/mol. The van der Waals surface area contributed by atoms with Gasteiger partial charge in [-0.25, -0.2) is 0 Å². The van der Waals surface area contributed by atoms with Crippen LogP contribution in [-0.4, -0.2) is 5.88 Å². The van der Waals surface area contributed by atoms with Crippen LogP contribution in [-0.2, 0) is 6.42 Å². The van der Waals surface area contributed by atoms with E-state index < -0.39 is 0 Å². The second-order valence-corrected chi connectivity index (χ2v) is 4.07. The topological polar surface area (TPSA) is 0 Å². The average Bonchev–Trinajstić information content (AvgIpc) is 1.99. The van der Waals surface area contributed by atoms with Crippen molar-refractivity contribution < 1.29 is 0 Å². The molecule has 0 N–H and O–H groups in total. The van der Waals surface area contributed by atoms with Gasteiger partial charge in [-0.3, -0.25) is 0 Å². The number of halogens is 3. The SMILES string of the molecule is ClCCc1cccc(I)c1Cl. The van der Waals surface area contributed by atoms with Gasteiger partial charge in [0.05, 0.1) is 5.02 Å². The van der Waals surface area contributed by atoms with Crippen molar-refractivity contribution in [1.82, 2.24) is 0 Å². The molecule has 0 unspecified atom stereocenters. The summed E-state index contributed by atoms with van der Waals surface area (Å²) < 4.78 is 1.09. The number of hydrogen-bond acceptors (Lipinski definition) is 0. The first-order valence-electron chi connectivity index (χ1n) is 3.24. The second-order valence-electron chi connectivity index (χ2n) is 2.15.